The summed E-state index contributed by atoms with van der Waals surface area (Å²) < 4.78 is 27.4. The van der Waals surface area contributed by atoms with Gasteiger partial charge in [0.15, 0.2) is 5.17 Å². The van der Waals surface area contributed by atoms with Crippen LogP contribution in [0, 0.1) is 0 Å². The van der Waals surface area contributed by atoms with Crippen LogP contribution < -0.4 is 10.2 Å². The Morgan fingerprint density at radius 3 is 2.96 bits per heavy atom. The number of nitrogens with zero attached hydrogens (tertiary/aromatic N) is 2. The summed E-state index contributed by atoms with van der Waals surface area (Å²) in [6.45, 7) is 0.394. The van der Waals surface area contributed by atoms with Crippen LogP contribution in [-0.4, -0.2) is 31.8 Å². The van der Waals surface area contributed by atoms with Crippen molar-refractivity contribution in [2.24, 2.45) is 4.40 Å². The Balaban J connectivity index is 1.39. The maximum atomic E-state index is 12.9. The van der Waals surface area contributed by atoms with Gasteiger partial charge in [0.2, 0.25) is 0 Å². The Labute approximate surface area is 168 Å². The normalized spacial score (nSPS) is 21.9. The molecule has 5 rings (SSSR count). The van der Waals surface area contributed by atoms with Gasteiger partial charge in [-0.15, -0.1) is 4.40 Å². The Bertz CT molecular complexity index is 1110. The van der Waals surface area contributed by atoms with Crippen molar-refractivity contribution in [3.63, 3.8) is 0 Å². The van der Waals surface area contributed by atoms with Crippen LogP contribution in [0.2, 0.25) is 0 Å². The molecule has 2 aliphatic heterocycles. The lowest BCUT2D eigenvalue weighted by Gasteiger charge is -2.26. The number of carbonyl (C=O) groups is 1. The summed E-state index contributed by atoms with van der Waals surface area (Å²) in [6, 6.07) is 13.8. The zero-order valence-electron chi connectivity index (χ0n) is 15.1. The van der Waals surface area contributed by atoms with Gasteiger partial charge in [-0.25, -0.2) is 8.42 Å². The molecule has 144 valence electrons. The minimum absolute atomic E-state index is 0.0137. The van der Waals surface area contributed by atoms with Crippen molar-refractivity contribution in [1.29, 1.82) is 0 Å². The summed E-state index contributed by atoms with van der Waals surface area (Å²) >= 11 is 1.31. The van der Waals surface area contributed by atoms with Gasteiger partial charge in [-0.1, -0.05) is 24.3 Å². The molecule has 2 aromatic carbocycles. The summed E-state index contributed by atoms with van der Waals surface area (Å²) in [5, 5.41) is 3.64. The van der Waals surface area contributed by atoms with Crippen molar-refractivity contribution in [2.75, 3.05) is 17.2 Å². The number of anilines is 1. The SMILES string of the molecule is O=C(N[C@H]1CCCc2ccccc21)c1ccc2c(c1)SC1=NS(=O)(=O)CCN12. The molecule has 0 bridgehead atoms. The highest BCUT2D eigenvalue weighted by molar-refractivity contribution is 8.15. The van der Waals surface area contributed by atoms with Gasteiger partial charge >= 0.3 is 0 Å². The lowest BCUT2D eigenvalue weighted by atomic mass is 9.87. The molecule has 28 heavy (non-hydrogen) atoms. The molecule has 1 amide bonds. The third kappa shape index (κ3) is 3.10. The molecule has 0 saturated carbocycles. The van der Waals surface area contributed by atoms with Gasteiger partial charge in [0.1, 0.15) is 0 Å². The van der Waals surface area contributed by atoms with Gasteiger partial charge < -0.3 is 10.2 Å². The fourth-order valence-electron chi connectivity index (χ4n) is 4.02. The van der Waals surface area contributed by atoms with Crippen LogP contribution in [0.3, 0.4) is 0 Å². The van der Waals surface area contributed by atoms with Crippen molar-refractivity contribution < 1.29 is 13.2 Å². The highest BCUT2D eigenvalue weighted by Gasteiger charge is 2.33. The Morgan fingerprint density at radius 2 is 2.07 bits per heavy atom. The monoisotopic (exact) mass is 413 g/mol. The summed E-state index contributed by atoms with van der Waals surface area (Å²) in [7, 11) is -3.38. The predicted molar refractivity (Wildman–Crippen MR) is 110 cm³/mol. The molecule has 1 N–H and O–H groups in total. The highest BCUT2D eigenvalue weighted by Crippen LogP contribution is 2.42. The van der Waals surface area contributed by atoms with Crippen LogP contribution in [0.1, 0.15) is 40.4 Å². The van der Waals surface area contributed by atoms with Crippen molar-refractivity contribution >= 4 is 38.5 Å². The van der Waals surface area contributed by atoms with E-state index in [9.17, 15) is 13.2 Å². The number of amidine groups is 1. The standard InChI is InChI=1S/C20H19N3O3S2/c24-19(21-16-7-3-5-13-4-1-2-6-15(13)16)14-8-9-17-18(12-14)27-20-22-28(25,26)11-10-23(17)20/h1-2,4,6,8-9,12,16H,3,5,7,10-11H2,(H,21,24)/t16-/m0/s1. The minimum Gasteiger partial charge on any atom is -0.345 e. The molecule has 0 fully saturated rings. The van der Waals surface area contributed by atoms with Crippen molar-refractivity contribution in [3.05, 3.63) is 59.2 Å². The van der Waals surface area contributed by atoms with E-state index in [2.05, 4.69) is 21.8 Å². The van der Waals surface area contributed by atoms with Crippen molar-refractivity contribution in [1.82, 2.24) is 5.32 Å². The van der Waals surface area contributed by atoms with Crippen molar-refractivity contribution in [3.8, 4) is 0 Å². The number of nitrogens with one attached hydrogen (secondary N) is 1. The highest BCUT2D eigenvalue weighted by atomic mass is 32.2. The number of fused-ring (bicyclic) bond motifs is 4. The van der Waals surface area contributed by atoms with Crippen molar-refractivity contribution in [2.45, 2.75) is 30.2 Å². The molecule has 2 heterocycles. The lowest BCUT2D eigenvalue weighted by Crippen LogP contribution is -2.35. The quantitative estimate of drug-likeness (QED) is 0.818. The Kier molecular flexibility index (Phi) is 4.21. The molecule has 3 aliphatic rings. The van der Waals surface area contributed by atoms with Crippen LogP contribution >= 0.6 is 11.8 Å². The predicted octanol–water partition coefficient (Wildman–Crippen LogP) is 3.11. The summed E-state index contributed by atoms with van der Waals surface area (Å²) in [6.07, 6.45) is 3.05. The van der Waals surface area contributed by atoms with E-state index < -0.39 is 10.0 Å². The molecule has 1 aliphatic carbocycles. The first kappa shape index (κ1) is 17.8. The number of amides is 1. The summed E-state index contributed by atoms with van der Waals surface area (Å²) in [4.78, 5) is 15.7. The zero-order valence-corrected chi connectivity index (χ0v) is 16.7. The van der Waals surface area contributed by atoms with Gasteiger partial charge in [0.05, 0.1) is 17.5 Å². The van der Waals surface area contributed by atoms with E-state index in [0.29, 0.717) is 17.3 Å². The first-order valence-corrected chi connectivity index (χ1v) is 11.7. The van der Waals surface area contributed by atoms with E-state index in [-0.39, 0.29) is 17.7 Å². The second-order valence-electron chi connectivity index (χ2n) is 7.21. The largest absolute Gasteiger partial charge is 0.345 e. The van der Waals surface area contributed by atoms with E-state index in [1.807, 2.05) is 29.2 Å². The third-order valence-corrected chi connectivity index (χ3v) is 7.72. The number of sulfonamides is 1. The Hall–Kier alpha value is -2.32. The maximum Gasteiger partial charge on any atom is 0.257 e. The molecule has 0 radical (unpaired) electrons. The molecule has 0 spiro atoms. The number of benzene rings is 2. The Morgan fingerprint density at radius 1 is 1.21 bits per heavy atom. The average molecular weight is 414 g/mol. The second kappa shape index (κ2) is 6.63. The maximum absolute atomic E-state index is 12.9. The van der Waals surface area contributed by atoms with E-state index in [1.165, 1.54) is 22.9 Å². The van der Waals surface area contributed by atoms with E-state index in [1.54, 1.807) is 6.07 Å². The first-order valence-electron chi connectivity index (χ1n) is 9.31. The fourth-order valence-corrected chi connectivity index (χ4v) is 6.31. The molecule has 8 heteroatoms. The van der Waals surface area contributed by atoms with E-state index in [0.717, 1.165) is 29.8 Å². The lowest BCUT2D eigenvalue weighted by molar-refractivity contribution is 0.0932. The number of hydrogen-bond acceptors (Lipinski definition) is 5. The fraction of sp³-hybridized carbons (Fsp3) is 0.300. The molecular weight excluding hydrogens is 394 g/mol. The first-order chi connectivity index (χ1) is 13.5. The van der Waals surface area contributed by atoms with Gasteiger partial charge in [0, 0.05) is 17.0 Å². The number of rotatable bonds is 2. The summed E-state index contributed by atoms with van der Waals surface area (Å²) in [5.41, 5.74) is 4.00. The molecular formula is C20H19N3O3S2. The molecule has 1 atom stereocenters. The second-order valence-corrected chi connectivity index (χ2v) is 9.98. The van der Waals surface area contributed by atoms with Gasteiger partial charge in [-0.3, -0.25) is 4.79 Å². The molecule has 0 saturated heterocycles. The van der Waals surface area contributed by atoms with Crippen LogP contribution in [0.15, 0.2) is 51.8 Å². The number of carbonyl (C=O) groups excluding carboxylic acids is 1. The van der Waals surface area contributed by atoms with E-state index >= 15 is 0 Å². The third-order valence-electron chi connectivity index (χ3n) is 5.41. The molecule has 0 aromatic heterocycles. The minimum atomic E-state index is -3.38. The zero-order chi connectivity index (χ0) is 19.3. The smallest absolute Gasteiger partial charge is 0.257 e. The topological polar surface area (TPSA) is 78.8 Å². The molecule has 6 nitrogen and oxygen atoms in total. The van der Waals surface area contributed by atoms with Gasteiger partial charge in [-0.05, 0) is 60.4 Å². The van der Waals surface area contributed by atoms with Crippen LogP contribution in [0.25, 0.3) is 0 Å². The summed E-state index contributed by atoms with van der Waals surface area (Å²) in [5.74, 6) is -0.0932. The average Bonchev–Trinajstić information content (AvgIpc) is 3.03. The van der Waals surface area contributed by atoms with Gasteiger partial charge in [-0.2, -0.15) is 0 Å². The number of aryl methyl sites for hydroxylation is 1. The molecule has 0 unspecified atom stereocenters. The number of thioether (sulfide) groups is 1. The van der Waals surface area contributed by atoms with Gasteiger partial charge in [0.25, 0.3) is 15.9 Å². The van der Waals surface area contributed by atoms with Crippen LogP contribution in [0.4, 0.5) is 5.69 Å². The molecule has 2 aromatic rings. The van der Waals surface area contributed by atoms with E-state index in [4.69, 9.17) is 0 Å². The van der Waals surface area contributed by atoms with Crippen LogP contribution in [0.5, 0.6) is 0 Å². The number of hydrogen-bond donors (Lipinski definition) is 1. The van der Waals surface area contributed by atoms with Crippen LogP contribution in [-0.2, 0) is 16.4 Å².